The first kappa shape index (κ1) is 11.2. The van der Waals surface area contributed by atoms with Crippen molar-refractivity contribution in [1.82, 2.24) is 5.16 Å². The van der Waals surface area contributed by atoms with Gasteiger partial charge in [-0.2, -0.15) is 5.26 Å². The number of hydrogen-bond acceptors (Lipinski definition) is 4. The summed E-state index contributed by atoms with van der Waals surface area (Å²) in [4.78, 5) is 0. The molecule has 4 nitrogen and oxygen atoms in total. The number of hydrogen-bond donors (Lipinski definition) is 0. The third kappa shape index (κ3) is 2.00. The molecule has 2 rings (SSSR count). The molecule has 0 saturated heterocycles. The predicted octanol–water partition coefficient (Wildman–Crippen LogP) is 2.84. The van der Waals surface area contributed by atoms with Gasteiger partial charge < -0.3 is 9.26 Å². The van der Waals surface area contributed by atoms with Crippen molar-refractivity contribution >= 4 is 0 Å². The van der Waals surface area contributed by atoms with Crippen molar-refractivity contribution in [2.75, 3.05) is 7.11 Å². The Morgan fingerprint density at radius 1 is 1.29 bits per heavy atom. The second kappa shape index (κ2) is 4.30. The molecule has 0 N–H and O–H groups in total. The van der Waals surface area contributed by atoms with Crippen molar-refractivity contribution in [3.63, 3.8) is 0 Å². The lowest BCUT2D eigenvalue weighted by atomic mass is 10.0. The SMILES string of the molecule is COc1cc(C)cc(C)c1-c1cc(C#N)no1. The standard InChI is InChI=1S/C13H12N2O2/c1-8-4-9(2)13(11(5-8)16-3)12-6-10(7-14)15-17-12/h4-6H,1-3H3. The molecule has 4 heteroatoms. The van der Waals surface area contributed by atoms with E-state index in [0.29, 0.717) is 5.76 Å². The molecule has 1 heterocycles. The van der Waals surface area contributed by atoms with E-state index < -0.39 is 0 Å². The summed E-state index contributed by atoms with van der Waals surface area (Å²) in [6.45, 7) is 3.97. The maximum atomic E-state index is 8.73. The smallest absolute Gasteiger partial charge is 0.184 e. The molecule has 0 aliphatic heterocycles. The van der Waals surface area contributed by atoms with E-state index in [9.17, 15) is 0 Å². The van der Waals surface area contributed by atoms with Crippen LogP contribution in [0.1, 0.15) is 16.8 Å². The largest absolute Gasteiger partial charge is 0.496 e. The molecule has 0 aliphatic carbocycles. The Morgan fingerprint density at radius 2 is 2.06 bits per heavy atom. The van der Waals surface area contributed by atoms with Gasteiger partial charge in [0, 0.05) is 6.07 Å². The zero-order valence-electron chi connectivity index (χ0n) is 9.94. The van der Waals surface area contributed by atoms with E-state index in [-0.39, 0.29) is 5.69 Å². The van der Waals surface area contributed by atoms with Gasteiger partial charge in [0.2, 0.25) is 0 Å². The van der Waals surface area contributed by atoms with Crippen molar-refractivity contribution in [3.05, 3.63) is 35.0 Å². The first-order valence-corrected chi connectivity index (χ1v) is 5.18. The number of ether oxygens (including phenoxy) is 1. The van der Waals surface area contributed by atoms with Crippen LogP contribution in [0.25, 0.3) is 11.3 Å². The molecule has 86 valence electrons. The maximum absolute atomic E-state index is 8.73. The number of rotatable bonds is 2. The molecule has 0 unspecified atom stereocenters. The monoisotopic (exact) mass is 228 g/mol. The highest BCUT2D eigenvalue weighted by molar-refractivity contribution is 5.71. The summed E-state index contributed by atoms with van der Waals surface area (Å²) in [6, 6.07) is 7.51. The molecule has 2 aromatic rings. The van der Waals surface area contributed by atoms with Gasteiger partial charge >= 0.3 is 0 Å². The number of nitriles is 1. The highest BCUT2D eigenvalue weighted by atomic mass is 16.5. The van der Waals surface area contributed by atoms with Crippen LogP contribution in [0, 0.1) is 25.2 Å². The Hall–Kier alpha value is -2.28. The lowest BCUT2D eigenvalue weighted by Crippen LogP contribution is -1.91. The molecule has 0 aliphatic rings. The van der Waals surface area contributed by atoms with Crippen molar-refractivity contribution < 1.29 is 9.26 Å². The highest BCUT2D eigenvalue weighted by Gasteiger charge is 2.15. The van der Waals surface area contributed by atoms with Gasteiger partial charge in [0.05, 0.1) is 12.7 Å². The zero-order chi connectivity index (χ0) is 12.4. The quantitative estimate of drug-likeness (QED) is 0.793. The lowest BCUT2D eigenvalue weighted by molar-refractivity contribution is 0.405. The third-order valence-corrected chi connectivity index (χ3v) is 2.53. The summed E-state index contributed by atoms with van der Waals surface area (Å²) in [6.07, 6.45) is 0. The van der Waals surface area contributed by atoms with Crippen LogP contribution in [0.15, 0.2) is 22.7 Å². The van der Waals surface area contributed by atoms with Gasteiger partial charge in [-0.1, -0.05) is 11.2 Å². The predicted molar refractivity (Wildman–Crippen MR) is 62.7 cm³/mol. The summed E-state index contributed by atoms with van der Waals surface area (Å²) in [5.41, 5.74) is 3.25. The van der Waals surface area contributed by atoms with E-state index in [1.165, 1.54) is 0 Å². The molecule has 0 atom stereocenters. The number of benzene rings is 1. The minimum Gasteiger partial charge on any atom is -0.496 e. The van der Waals surface area contributed by atoms with Crippen LogP contribution < -0.4 is 4.74 Å². The minimum absolute atomic E-state index is 0.266. The third-order valence-electron chi connectivity index (χ3n) is 2.53. The van der Waals surface area contributed by atoms with Crippen LogP contribution in [0.4, 0.5) is 0 Å². The van der Waals surface area contributed by atoms with Crippen LogP contribution in [0.5, 0.6) is 5.75 Å². The Kier molecular flexibility index (Phi) is 2.84. The van der Waals surface area contributed by atoms with E-state index in [0.717, 1.165) is 22.4 Å². The number of aromatic nitrogens is 1. The lowest BCUT2D eigenvalue weighted by Gasteiger charge is -2.10. The number of nitrogens with zero attached hydrogens (tertiary/aromatic N) is 2. The van der Waals surface area contributed by atoms with Crippen LogP contribution in [-0.2, 0) is 0 Å². The normalized spacial score (nSPS) is 10.0. The van der Waals surface area contributed by atoms with Crippen molar-refractivity contribution in [2.24, 2.45) is 0 Å². The fourth-order valence-corrected chi connectivity index (χ4v) is 1.85. The molecule has 0 radical (unpaired) electrons. The average Bonchev–Trinajstić information content (AvgIpc) is 2.76. The zero-order valence-corrected chi connectivity index (χ0v) is 9.94. The second-order valence-electron chi connectivity index (χ2n) is 3.85. The molecule has 0 fully saturated rings. The molecule has 0 saturated carbocycles. The highest BCUT2D eigenvalue weighted by Crippen LogP contribution is 2.34. The number of methoxy groups -OCH3 is 1. The van der Waals surface area contributed by atoms with E-state index in [2.05, 4.69) is 5.16 Å². The van der Waals surface area contributed by atoms with Crippen LogP contribution in [0.3, 0.4) is 0 Å². The molecule has 0 bridgehead atoms. The molecule has 0 amide bonds. The Balaban J connectivity index is 2.62. The summed E-state index contributed by atoms with van der Waals surface area (Å²) in [5, 5.41) is 12.4. The average molecular weight is 228 g/mol. The van der Waals surface area contributed by atoms with E-state index in [4.69, 9.17) is 14.5 Å². The van der Waals surface area contributed by atoms with Crippen molar-refractivity contribution in [2.45, 2.75) is 13.8 Å². The summed E-state index contributed by atoms with van der Waals surface area (Å²) < 4.78 is 10.5. The van der Waals surface area contributed by atoms with Crippen LogP contribution in [0.2, 0.25) is 0 Å². The van der Waals surface area contributed by atoms with Gasteiger partial charge in [-0.15, -0.1) is 0 Å². The van der Waals surface area contributed by atoms with Gasteiger partial charge in [-0.25, -0.2) is 0 Å². The van der Waals surface area contributed by atoms with Gasteiger partial charge in [0.1, 0.15) is 11.8 Å². The Bertz CT molecular complexity index is 594. The summed E-state index contributed by atoms with van der Waals surface area (Å²) in [7, 11) is 1.61. The van der Waals surface area contributed by atoms with E-state index in [1.54, 1.807) is 13.2 Å². The first-order valence-electron chi connectivity index (χ1n) is 5.18. The minimum atomic E-state index is 0.266. The molecular weight excluding hydrogens is 216 g/mol. The van der Waals surface area contributed by atoms with Crippen molar-refractivity contribution in [1.29, 1.82) is 5.26 Å². The van der Waals surface area contributed by atoms with Crippen molar-refractivity contribution in [3.8, 4) is 23.1 Å². The summed E-state index contributed by atoms with van der Waals surface area (Å²) in [5.74, 6) is 1.28. The van der Waals surface area contributed by atoms with Crippen LogP contribution >= 0.6 is 0 Å². The number of aryl methyl sites for hydroxylation is 2. The van der Waals surface area contributed by atoms with Crippen LogP contribution in [-0.4, -0.2) is 12.3 Å². The molecular formula is C13H12N2O2. The van der Waals surface area contributed by atoms with Gasteiger partial charge in [0.15, 0.2) is 11.5 Å². The fraction of sp³-hybridized carbons (Fsp3) is 0.231. The van der Waals surface area contributed by atoms with Gasteiger partial charge in [0.25, 0.3) is 0 Å². The maximum Gasteiger partial charge on any atom is 0.184 e. The molecule has 17 heavy (non-hydrogen) atoms. The Morgan fingerprint density at radius 3 is 2.65 bits per heavy atom. The van der Waals surface area contributed by atoms with E-state index in [1.807, 2.05) is 32.0 Å². The van der Waals surface area contributed by atoms with Gasteiger partial charge in [-0.05, 0) is 31.0 Å². The van der Waals surface area contributed by atoms with E-state index >= 15 is 0 Å². The first-order chi connectivity index (χ1) is 8.15. The summed E-state index contributed by atoms with van der Waals surface area (Å²) >= 11 is 0. The molecule has 0 spiro atoms. The fourth-order valence-electron chi connectivity index (χ4n) is 1.85. The second-order valence-corrected chi connectivity index (χ2v) is 3.85. The Labute approximate surface area is 99.4 Å². The molecule has 1 aromatic carbocycles. The molecule has 1 aromatic heterocycles. The van der Waals surface area contributed by atoms with Gasteiger partial charge in [-0.3, -0.25) is 0 Å². The topological polar surface area (TPSA) is 59.0 Å².